The van der Waals surface area contributed by atoms with Crippen LogP contribution >= 0.6 is 0 Å². The lowest BCUT2D eigenvalue weighted by Crippen LogP contribution is -1.97. The first-order valence-electron chi connectivity index (χ1n) is 4.56. The van der Waals surface area contributed by atoms with Gasteiger partial charge in [0.2, 0.25) is 0 Å². The maximum absolute atomic E-state index is 12.8. The number of unbranched alkanes of at least 4 members (excludes halogenated alkanes) is 3. The van der Waals surface area contributed by atoms with Crippen molar-refractivity contribution < 1.29 is 4.39 Å². The van der Waals surface area contributed by atoms with E-state index in [-0.39, 0.29) is 0 Å². The van der Waals surface area contributed by atoms with Gasteiger partial charge in [-0.15, -0.1) is 6.58 Å². The molecule has 0 saturated heterocycles. The fourth-order valence-corrected chi connectivity index (χ4v) is 1.09. The Morgan fingerprint density at radius 2 is 2.09 bits per heavy atom. The van der Waals surface area contributed by atoms with Crippen LogP contribution in [0.4, 0.5) is 4.39 Å². The molecular weight excluding hydrogens is 139 g/mol. The molecule has 0 heterocycles. The monoisotopic (exact) mass is 158 g/mol. The second-order valence-corrected chi connectivity index (χ2v) is 2.97. The predicted octanol–water partition coefficient (Wildman–Crippen LogP) is 3.87. The average molecular weight is 158 g/mol. The molecule has 0 nitrogen and oxygen atoms in total. The molecule has 0 radical (unpaired) electrons. The molecule has 0 aromatic rings. The van der Waals surface area contributed by atoms with Gasteiger partial charge in [0, 0.05) is 0 Å². The third kappa shape index (κ3) is 7.57. The molecule has 0 aliphatic rings. The first-order valence-corrected chi connectivity index (χ1v) is 4.56. The summed E-state index contributed by atoms with van der Waals surface area (Å²) in [6.45, 7) is 5.67. The minimum absolute atomic E-state index is 0.520. The Labute approximate surface area is 69.5 Å². The molecule has 1 atom stereocenters. The fraction of sp³-hybridized carbons (Fsp3) is 0.800. The van der Waals surface area contributed by atoms with Crippen molar-refractivity contribution in [3.05, 3.63) is 12.7 Å². The Morgan fingerprint density at radius 3 is 2.64 bits per heavy atom. The van der Waals surface area contributed by atoms with Gasteiger partial charge < -0.3 is 0 Å². The first-order chi connectivity index (χ1) is 5.31. The summed E-state index contributed by atoms with van der Waals surface area (Å²) in [4.78, 5) is 0. The molecule has 1 heteroatoms. The Balaban J connectivity index is 3.03. The molecule has 66 valence electrons. The lowest BCUT2D eigenvalue weighted by molar-refractivity contribution is 0.307. The number of rotatable bonds is 7. The number of halogens is 1. The van der Waals surface area contributed by atoms with Crippen molar-refractivity contribution >= 4 is 0 Å². The molecule has 0 aromatic carbocycles. The molecular formula is C10H19F. The van der Waals surface area contributed by atoms with Crippen molar-refractivity contribution in [1.29, 1.82) is 0 Å². The largest absolute Gasteiger partial charge is 0.247 e. The number of allylic oxidation sites excluding steroid dienone is 1. The van der Waals surface area contributed by atoms with Crippen LogP contribution in [-0.4, -0.2) is 6.17 Å². The summed E-state index contributed by atoms with van der Waals surface area (Å²) >= 11 is 0. The van der Waals surface area contributed by atoms with E-state index in [1.165, 1.54) is 19.3 Å². The molecule has 0 aromatic heterocycles. The van der Waals surface area contributed by atoms with Crippen molar-refractivity contribution in [3.8, 4) is 0 Å². The predicted molar refractivity (Wildman–Crippen MR) is 48.5 cm³/mol. The maximum Gasteiger partial charge on any atom is 0.104 e. The minimum Gasteiger partial charge on any atom is -0.247 e. The van der Waals surface area contributed by atoms with Crippen LogP contribution in [0.25, 0.3) is 0 Å². The highest BCUT2D eigenvalue weighted by Crippen LogP contribution is 2.10. The second-order valence-electron chi connectivity index (χ2n) is 2.97. The summed E-state index contributed by atoms with van der Waals surface area (Å²) < 4.78 is 12.8. The molecule has 0 spiro atoms. The molecule has 0 amide bonds. The van der Waals surface area contributed by atoms with Gasteiger partial charge in [0.25, 0.3) is 0 Å². The molecule has 0 fully saturated rings. The van der Waals surface area contributed by atoms with Crippen LogP contribution in [0.15, 0.2) is 12.7 Å². The molecule has 0 aliphatic carbocycles. The average Bonchev–Trinajstić information content (AvgIpc) is 1.99. The van der Waals surface area contributed by atoms with Crippen LogP contribution in [0.2, 0.25) is 0 Å². The lowest BCUT2D eigenvalue weighted by atomic mass is 10.1. The van der Waals surface area contributed by atoms with Crippen LogP contribution in [0.1, 0.15) is 45.4 Å². The number of hydrogen-bond donors (Lipinski definition) is 0. The molecule has 0 saturated carbocycles. The Morgan fingerprint density at radius 1 is 1.36 bits per heavy atom. The highest BCUT2D eigenvalue weighted by molar-refractivity contribution is 4.72. The highest BCUT2D eigenvalue weighted by Gasteiger charge is 2.01. The van der Waals surface area contributed by atoms with E-state index in [9.17, 15) is 4.39 Å². The van der Waals surface area contributed by atoms with Gasteiger partial charge in [-0.25, -0.2) is 4.39 Å². The topological polar surface area (TPSA) is 0 Å². The Bertz CT molecular complexity index is 88.9. The van der Waals surface area contributed by atoms with Crippen LogP contribution in [0.5, 0.6) is 0 Å². The van der Waals surface area contributed by atoms with E-state index in [1.54, 1.807) is 6.08 Å². The van der Waals surface area contributed by atoms with Crippen LogP contribution in [0, 0.1) is 0 Å². The molecule has 0 N–H and O–H groups in total. The Kier molecular flexibility index (Phi) is 7.54. The molecule has 0 aliphatic heterocycles. The van der Waals surface area contributed by atoms with E-state index in [2.05, 4.69) is 13.5 Å². The normalized spacial score (nSPS) is 12.9. The fourth-order valence-electron chi connectivity index (χ4n) is 1.09. The zero-order valence-electron chi connectivity index (χ0n) is 7.48. The maximum atomic E-state index is 12.8. The van der Waals surface area contributed by atoms with Gasteiger partial charge in [0.05, 0.1) is 0 Å². The van der Waals surface area contributed by atoms with Gasteiger partial charge in [-0.1, -0.05) is 38.7 Å². The lowest BCUT2D eigenvalue weighted by Gasteiger charge is -2.03. The van der Waals surface area contributed by atoms with Crippen molar-refractivity contribution in [2.45, 2.75) is 51.6 Å². The smallest absolute Gasteiger partial charge is 0.104 e. The van der Waals surface area contributed by atoms with E-state index in [4.69, 9.17) is 0 Å². The van der Waals surface area contributed by atoms with Gasteiger partial charge in [0.15, 0.2) is 0 Å². The van der Waals surface area contributed by atoms with E-state index in [0.29, 0.717) is 12.8 Å². The van der Waals surface area contributed by atoms with Crippen LogP contribution in [0.3, 0.4) is 0 Å². The zero-order valence-corrected chi connectivity index (χ0v) is 7.48. The van der Waals surface area contributed by atoms with Crippen molar-refractivity contribution in [3.63, 3.8) is 0 Å². The van der Waals surface area contributed by atoms with E-state index in [1.807, 2.05) is 0 Å². The molecule has 0 bridgehead atoms. The van der Waals surface area contributed by atoms with Gasteiger partial charge in [-0.05, 0) is 12.8 Å². The zero-order chi connectivity index (χ0) is 8.53. The minimum atomic E-state index is -0.649. The summed E-state index contributed by atoms with van der Waals surface area (Å²) in [5, 5.41) is 0. The van der Waals surface area contributed by atoms with Crippen molar-refractivity contribution in [2.24, 2.45) is 0 Å². The summed E-state index contributed by atoms with van der Waals surface area (Å²) in [7, 11) is 0. The van der Waals surface area contributed by atoms with Gasteiger partial charge >= 0.3 is 0 Å². The van der Waals surface area contributed by atoms with Gasteiger partial charge in [-0.3, -0.25) is 0 Å². The SMILES string of the molecule is C=CCC(F)CCCCCC. The third-order valence-corrected chi connectivity index (χ3v) is 1.79. The van der Waals surface area contributed by atoms with Crippen molar-refractivity contribution in [2.75, 3.05) is 0 Å². The number of alkyl halides is 1. The summed E-state index contributed by atoms with van der Waals surface area (Å²) in [6, 6.07) is 0. The van der Waals surface area contributed by atoms with Gasteiger partial charge in [0.1, 0.15) is 6.17 Å². The van der Waals surface area contributed by atoms with E-state index < -0.39 is 6.17 Å². The van der Waals surface area contributed by atoms with E-state index >= 15 is 0 Å². The first kappa shape index (κ1) is 10.7. The third-order valence-electron chi connectivity index (χ3n) is 1.79. The van der Waals surface area contributed by atoms with Crippen LogP contribution < -0.4 is 0 Å². The highest BCUT2D eigenvalue weighted by atomic mass is 19.1. The standard InChI is InChI=1S/C10H19F/c1-3-5-6-7-9-10(11)8-4-2/h4,10H,2-3,5-9H2,1H3. The van der Waals surface area contributed by atoms with Crippen LogP contribution in [-0.2, 0) is 0 Å². The van der Waals surface area contributed by atoms with E-state index in [0.717, 1.165) is 6.42 Å². The summed E-state index contributed by atoms with van der Waals surface area (Å²) in [5.41, 5.74) is 0. The molecule has 11 heavy (non-hydrogen) atoms. The Hall–Kier alpha value is -0.330. The second kappa shape index (κ2) is 7.77. The summed E-state index contributed by atoms with van der Waals surface area (Å²) in [5.74, 6) is 0. The quantitative estimate of drug-likeness (QED) is 0.389. The van der Waals surface area contributed by atoms with Gasteiger partial charge in [-0.2, -0.15) is 0 Å². The molecule has 0 rings (SSSR count). The van der Waals surface area contributed by atoms with Crippen molar-refractivity contribution in [1.82, 2.24) is 0 Å². The number of hydrogen-bond acceptors (Lipinski definition) is 0. The summed E-state index contributed by atoms with van der Waals surface area (Å²) in [6.07, 6.45) is 6.91. The molecule has 1 unspecified atom stereocenters.